The van der Waals surface area contributed by atoms with Gasteiger partial charge in [-0.3, -0.25) is 4.98 Å². The largest absolute Gasteiger partial charge is 0.430 e. The van der Waals surface area contributed by atoms with E-state index in [1.807, 2.05) is 0 Å². The van der Waals surface area contributed by atoms with E-state index in [1.165, 1.54) is 11.3 Å². The van der Waals surface area contributed by atoms with E-state index < -0.39 is 10.8 Å². The van der Waals surface area contributed by atoms with E-state index in [-0.39, 0.29) is 5.22 Å². The van der Waals surface area contributed by atoms with Gasteiger partial charge in [0, 0.05) is 16.8 Å². The first-order valence-electron chi connectivity index (χ1n) is 5.14. The van der Waals surface area contributed by atoms with E-state index in [0.717, 1.165) is 4.88 Å². The Bertz CT molecular complexity index is 706. The Kier molecular flexibility index (Phi) is 2.85. The molecule has 1 atom stereocenters. The van der Waals surface area contributed by atoms with Crippen LogP contribution in [-0.4, -0.2) is 14.2 Å². The van der Waals surface area contributed by atoms with Gasteiger partial charge < -0.3 is 10.2 Å². The van der Waals surface area contributed by atoms with Crippen LogP contribution in [0, 0.1) is 0 Å². The van der Waals surface area contributed by atoms with Crippen molar-refractivity contribution in [1.82, 2.24) is 9.97 Å². The fourth-order valence-electron chi connectivity index (χ4n) is 1.53. The van der Waals surface area contributed by atoms with Crippen molar-refractivity contribution in [3.63, 3.8) is 0 Å². The molecule has 0 saturated heterocycles. The van der Waals surface area contributed by atoms with E-state index in [4.69, 9.17) is 10.2 Å². The number of thiazole rings is 1. The van der Waals surface area contributed by atoms with Crippen LogP contribution in [0.25, 0.3) is 11.1 Å². The third kappa shape index (κ3) is 2.14. The van der Waals surface area contributed by atoms with E-state index in [0.29, 0.717) is 22.5 Å². The zero-order chi connectivity index (χ0) is 12.5. The molecule has 1 unspecified atom stereocenters. The Balaban J connectivity index is 1.92. The predicted molar refractivity (Wildman–Crippen MR) is 70.6 cm³/mol. The molecule has 2 N–H and O–H groups in total. The van der Waals surface area contributed by atoms with Crippen LogP contribution in [0.5, 0.6) is 0 Å². The van der Waals surface area contributed by atoms with Gasteiger partial charge in [0.2, 0.25) is 0 Å². The van der Waals surface area contributed by atoms with Gasteiger partial charge in [0.25, 0.3) is 5.22 Å². The SMILES string of the molecule is Nc1ccc2oc(S(=O)Cc3cncs3)nc2c1. The number of fused-ring (bicyclic) bond motifs is 1. The number of nitrogen functional groups attached to an aromatic ring is 1. The van der Waals surface area contributed by atoms with Crippen molar-refractivity contribution in [3.05, 3.63) is 34.8 Å². The lowest BCUT2D eigenvalue weighted by Crippen LogP contribution is -1.94. The molecule has 0 fully saturated rings. The van der Waals surface area contributed by atoms with Gasteiger partial charge in [-0.25, -0.2) is 9.19 Å². The number of aromatic nitrogens is 2. The van der Waals surface area contributed by atoms with Crippen molar-refractivity contribution in [3.8, 4) is 0 Å². The summed E-state index contributed by atoms with van der Waals surface area (Å²) in [6.45, 7) is 0. The van der Waals surface area contributed by atoms with Crippen LogP contribution in [0.2, 0.25) is 0 Å². The summed E-state index contributed by atoms with van der Waals surface area (Å²) in [6.07, 6.45) is 1.70. The molecule has 0 aliphatic heterocycles. The molecule has 0 aliphatic carbocycles. The third-order valence-electron chi connectivity index (χ3n) is 2.34. The molecule has 0 radical (unpaired) electrons. The molecule has 7 heteroatoms. The number of nitrogens with zero attached hydrogens (tertiary/aromatic N) is 2. The maximum absolute atomic E-state index is 12.1. The summed E-state index contributed by atoms with van der Waals surface area (Å²) in [7, 11) is -1.30. The fourth-order valence-corrected chi connectivity index (χ4v) is 3.34. The van der Waals surface area contributed by atoms with Crippen molar-refractivity contribution < 1.29 is 8.63 Å². The Hall–Kier alpha value is -1.73. The smallest absolute Gasteiger partial charge is 0.288 e. The van der Waals surface area contributed by atoms with Gasteiger partial charge in [0.1, 0.15) is 16.3 Å². The molecule has 1 aromatic carbocycles. The molecular weight excluding hydrogens is 270 g/mol. The van der Waals surface area contributed by atoms with Crippen LogP contribution in [0.15, 0.2) is 39.5 Å². The first-order chi connectivity index (χ1) is 8.72. The lowest BCUT2D eigenvalue weighted by Gasteiger charge is -1.92. The van der Waals surface area contributed by atoms with Gasteiger partial charge in [-0.15, -0.1) is 11.3 Å². The highest BCUT2D eigenvalue weighted by atomic mass is 32.2. The van der Waals surface area contributed by atoms with Crippen LogP contribution < -0.4 is 5.73 Å². The summed E-state index contributed by atoms with van der Waals surface area (Å²) in [5, 5.41) is 0.226. The first-order valence-corrected chi connectivity index (χ1v) is 7.34. The molecule has 2 heterocycles. The van der Waals surface area contributed by atoms with Crippen LogP contribution in [0.3, 0.4) is 0 Å². The average Bonchev–Trinajstić information content (AvgIpc) is 2.96. The summed E-state index contributed by atoms with van der Waals surface area (Å²) in [4.78, 5) is 9.07. The Labute approximate surface area is 109 Å². The summed E-state index contributed by atoms with van der Waals surface area (Å²) >= 11 is 1.46. The number of hydrogen-bond acceptors (Lipinski definition) is 6. The van der Waals surface area contributed by atoms with Gasteiger partial charge in [0.05, 0.1) is 11.3 Å². The van der Waals surface area contributed by atoms with Crippen LogP contribution in [0.4, 0.5) is 5.69 Å². The van der Waals surface area contributed by atoms with Gasteiger partial charge in [0.15, 0.2) is 5.58 Å². The summed E-state index contributed by atoms with van der Waals surface area (Å²) in [6, 6.07) is 5.15. The van der Waals surface area contributed by atoms with E-state index >= 15 is 0 Å². The second-order valence-corrected chi connectivity index (χ2v) is 5.96. The van der Waals surface area contributed by atoms with Crippen molar-refractivity contribution in [2.75, 3.05) is 5.73 Å². The molecule has 0 aliphatic rings. The van der Waals surface area contributed by atoms with Crippen molar-refractivity contribution in [1.29, 1.82) is 0 Å². The molecule has 0 spiro atoms. The highest BCUT2D eigenvalue weighted by Gasteiger charge is 2.14. The maximum atomic E-state index is 12.1. The molecule has 0 amide bonds. The summed E-state index contributed by atoms with van der Waals surface area (Å²) < 4.78 is 17.5. The highest BCUT2D eigenvalue weighted by molar-refractivity contribution is 7.84. The number of anilines is 1. The van der Waals surface area contributed by atoms with Gasteiger partial charge >= 0.3 is 0 Å². The number of nitrogens with two attached hydrogens (primary N) is 1. The molecule has 92 valence electrons. The van der Waals surface area contributed by atoms with Crippen LogP contribution >= 0.6 is 11.3 Å². The van der Waals surface area contributed by atoms with E-state index in [9.17, 15) is 4.21 Å². The molecule has 18 heavy (non-hydrogen) atoms. The second kappa shape index (κ2) is 4.51. The van der Waals surface area contributed by atoms with E-state index in [2.05, 4.69) is 9.97 Å². The summed E-state index contributed by atoms with van der Waals surface area (Å²) in [5.41, 5.74) is 9.19. The standard InChI is InChI=1S/C11H9N3O2S2/c12-7-1-2-10-9(3-7)14-11(16-10)18(15)5-8-4-13-6-17-8/h1-4,6H,5,12H2. The Morgan fingerprint density at radius 2 is 2.33 bits per heavy atom. The molecule has 3 aromatic rings. The minimum Gasteiger partial charge on any atom is -0.430 e. The molecule has 0 bridgehead atoms. The molecule has 2 aromatic heterocycles. The van der Waals surface area contributed by atoms with Crippen molar-refractivity contribution in [2.24, 2.45) is 0 Å². The minimum absolute atomic E-state index is 0.226. The Morgan fingerprint density at radius 3 is 3.11 bits per heavy atom. The number of oxazole rings is 1. The van der Waals surface area contributed by atoms with Crippen molar-refractivity contribution >= 4 is 38.9 Å². The topological polar surface area (TPSA) is 82.0 Å². The zero-order valence-corrected chi connectivity index (χ0v) is 10.8. The van der Waals surface area contributed by atoms with Gasteiger partial charge in [-0.1, -0.05) is 0 Å². The number of rotatable bonds is 3. The normalized spacial score (nSPS) is 12.9. The van der Waals surface area contributed by atoms with Crippen LogP contribution in [-0.2, 0) is 16.6 Å². The molecular formula is C11H9N3O2S2. The lowest BCUT2D eigenvalue weighted by atomic mass is 10.3. The Morgan fingerprint density at radius 1 is 1.44 bits per heavy atom. The zero-order valence-electron chi connectivity index (χ0n) is 9.20. The van der Waals surface area contributed by atoms with Crippen molar-refractivity contribution in [2.45, 2.75) is 11.0 Å². The third-order valence-corrected chi connectivity index (χ3v) is 4.44. The predicted octanol–water partition coefficient (Wildman–Crippen LogP) is 2.17. The lowest BCUT2D eigenvalue weighted by molar-refractivity contribution is 0.477. The van der Waals surface area contributed by atoms with Gasteiger partial charge in [-0.2, -0.15) is 0 Å². The second-order valence-electron chi connectivity index (χ2n) is 3.66. The minimum atomic E-state index is -1.30. The fraction of sp³-hybridized carbons (Fsp3) is 0.0909. The van der Waals surface area contributed by atoms with Crippen LogP contribution in [0.1, 0.15) is 4.88 Å². The molecule has 5 nitrogen and oxygen atoms in total. The molecule has 0 saturated carbocycles. The monoisotopic (exact) mass is 279 g/mol. The average molecular weight is 279 g/mol. The quantitative estimate of drug-likeness (QED) is 0.743. The molecule has 3 rings (SSSR count). The first kappa shape index (κ1) is 11.4. The van der Waals surface area contributed by atoms with E-state index in [1.54, 1.807) is 29.9 Å². The summed E-state index contributed by atoms with van der Waals surface area (Å²) in [5.74, 6) is 0.368. The number of hydrogen-bond donors (Lipinski definition) is 1. The van der Waals surface area contributed by atoms with Gasteiger partial charge in [-0.05, 0) is 18.2 Å². The maximum Gasteiger partial charge on any atom is 0.288 e. The number of benzene rings is 1. The highest BCUT2D eigenvalue weighted by Crippen LogP contribution is 2.22.